The molecular formula is C17H13Cl2N3O4. The molecule has 0 amide bonds. The van der Waals surface area contributed by atoms with Gasteiger partial charge in [0.15, 0.2) is 0 Å². The number of nitrogens with zero attached hydrogens (tertiary/aromatic N) is 3. The van der Waals surface area contributed by atoms with Gasteiger partial charge < -0.3 is 9.84 Å². The number of halogens is 2. The van der Waals surface area contributed by atoms with Gasteiger partial charge in [0.2, 0.25) is 0 Å². The Kier molecular flexibility index (Phi) is 5.11. The van der Waals surface area contributed by atoms with Crippen LogP contribution in [0.15, 0.2) is 35.3 Å². The molecule has 0 spiro atoms. The van der Waals surface area contributed by atoms with Crippen molar-refractivity contribution in [3.63, 3.8) is 0 Å². The standard InChI is InChI=1S/C17H13Cl2N3O4/c1-26-10-2-3-11-12(7-10)17(25)22(8-14(23)24)21-13(11)6-9-4-5-20-16(19)15(9)18/h2-5,7H,6,8H2,1H3,(H,23,24). The highest BCUT2D eigenvalue weighted by Crippen LogP contribution is 2.27. The number of hydrogen-bond acceptors (Lipinski definition) is 5. The third-order valence-corrected chi connectivity index (χ3v) is 4.62. The summed E-state index contributed by atoms with van der Waals surface area (Å²) in [7, 11) is 1.48. The molecule has 0 aliphatic heterocycles. The number of aliphatic carboxylic acids is 1. The summed E-state index contributed by atoms with van der Waals surface area (Å²) in [5.41, 5.74) is 0.647. The Hall–Kier alpha value is -2.64. The molecule has 134 valence electrons. The highest BCUT2D eigenvalue weighted by molar-refractivity contribution is 6.41. The van der Waals surface area contributed by atoms with Crippen molar-refractivity contribution in [2.45, 2.75) is 13.0 Å². The van der Waals surface area contributed by atoms with Gasteiger partial charge in [-0.05, 0) is 29.8 Å². The molecule has 1 N–H and O–H groups in total. The lowest BCUT2D eigenvalue weighted by Crippen LogP contribution is -2.28. The van der Waals surface area contributed by atoms with E-state index in [2.05, 4.69) is 10.1 Å². The summed E-state index contributed by atoms with van der Waals surface area (Å²) in [5, 5.41) is 14.6. The first-order valence-electron chi connectivity index (χ1n) is 7.49. The number of carbonyl (C=O) groups is 1. The molecule has 2 aromatic heterocycles. The minimum Gasteiger partial charge on any atom is -0.497 e. The van der Waals surface area contributed by atoms with Crippen molar-refractivity contribution in [1.29, 1.82) is 0 Å². The highest BCUT2D eigenvalue weighted by Gasteiger charge is 2.16. The van der Waals surface area contributed by atoms with Crippen molar-refractivity contribution in [3.8, 4) is 5.75 Å². The van der Waals surface area contributed by atoms with Crippen molar-refractivity contribution >= 4 is 39.9 Å². The number of aromatic nitrogens is 3. The average Bonchev–Trinajstić information content (AvgIpc) is 2.62. The Morgan fingerprint density at radius 1 is 1.27 bits per heavy atom. The van der Waals surface area contributed by atoms with E-state index < -0.39 is 18.1 Å². The summed E-state index contributed by atoms with van der Waals surface area (Å²) in [6, 6.07) is 6.66. The van der Waals surface area contributed by atoms with Gasteiger partial charge in [-0.1, -0.05) is 23.2 Å². The summed E-state index contributed by atoms with van der Waals surface area (Å²) in [6.45, 7) is -0.552. The molecule has 2 heterocycles. The molecule has 0 saturated heterocycles. The molecule has 0 saturated carbocycles. The fourth-order valence-corrected chi connectivity index (χ4v) is 2.96. The van der Waals surface area contributed by atoms with Crippen LogP contribution in [0.5, 0.6) is 5.75 Å². The fraction of sp³-hybridized carbons (Fsp3) is 0.176. The van der Waals surface area contributed by atoms with Gasteiger partial charge in [-0.2, -0.15) is 5.10 Å². The smallest absolute Gasteiger partial charge is 0.325 e. The molecule has 0 fully saturated rings. The van der Waals surface area contributed by atoms with E-state index >= 15 is 0 Å². The van der Waals surface area contributed by atoms with Gasteiger partial charge in [0.05, 0.1) is 23.2 Å². The van der Waals surface area contributed by atoms with Gasteiger partial charge in [0.25, 0.3) is 5.56 Å². The summed E-state index contributed by atoms with van der Waals surface area (Å²) < 4.78 is 6.07. The van der Waals surface area contributed by atoms with Crippen LogP contribution in [0.1, 0.15) is 11.3 Å². The van der Waals surface area contributed by atoms with Crippen LogP contribution in [-0.2, 0) is 17.8 Å². The molecule has 9 heteroatoms. The second-order valence-electron chi connectivity index (χ2n) is 5.47. The minimum absolute atomic E-state index is 0.161. The number of methoxy groups -OCH3 is 1. The number of ether oxygens (including phenoxy) is 1. The van der Waals surface area contributed by atoms with Gasteiger partial charge in [0, 0.05) is 18.0 Å². The monoisotopic (exact) mass is 393 g/mol. The summed E-state index contributed by atoms with van der Waals surface area (Å²) in [5.74, 6) is -0.684. The summed E-state index contributed by atoms with van der Waals surface area (Å²) in [4.78, 5) is 27.6. The first kappa shape index (κ1) is 18.2. The van der Waals surface area contributed by atoms with E-state index in [0.717, 1.165) is 4.68 Å². The predicted molar refractivity (Wildman–Crippen MR) is 97.3 cm³/mol. The molecule has 0 radical (unpaired) electrons. The van der Waals surface area contributed by atoms with Crippen LogP contribution in [0.4, 0.5) is 0 Å². The van der Waals surface area contributed by atoms with Crippen LogP contribution in [-0.4, -0.2) is 33.0 Å². The van der Waals surface area contributed by atoms with E-state index in [9.17, 15) is 9.59 Å². The molecule has 7 nitrogen and oxygen atoms in total. The minimum atomic E-state index is -1.17. The van der Waals surface area contributed by atoms with Gasteiger partial charge in [-0.15, -0.1) is 0 Å². The maximum atomic E-state index is 12.6. The van der Waals surface area contributed by atoms with Gasteiger partial charge in [-0.25, -0.2) is 9.67 Å². The molecule has 0 bridgehead atoms. The van der Waals surface area contributed by atoms with E-state index in [1.54, 1.807) is 24.3 Å². The lowest BCUT2D eigenvalue weighted by Gasteiger charge is -2.12. The maximum Gasteiger partial charge on any atom is 0.325 e. The molecule has 0 aliphatic rings. The number of fused-ring (bicyclic) bond motifs is 1. The molecule has 1 aromatic carbocycles. The largest absolute Gasteiger partial charge is 0.497 e. The van der Waals surface area contributed by atoms with Crippen molar-refractivity contribution in [2.75, 3.05) is 7.11 Å². The number of hydrogen-bond donors (Lipinski definition) is 1. The average molecular weight is 394 g/mol. The summed E-state index contributed by atoms with van der Waals surface area (Å²) in [6.07, 6.45) is 1.77. The van der Waals surface area contributed by atoms with Crippen molar-refractivity contribution in [2.24, 2.45) is 0 Å². The molecule has 0 unspecified atom stereocenters. The van der Waals surface area contributed by atoms with Gasteiger partial charge in [0.1, 0.15) is 17.4 Å². The first-order valence-corrected chi connectivity index (χ1v) is 8.24. The Morgan fingerprint density at radius 3 is 2.73 bits per heavy atom. The van der Waals surface area contributed by atoms with Crippen molar-refractivity contribution < 1.29 is 14.6 Å². The van der Waals surface area contributed by atoms with Crippen LogP contribution < -0.4 is 10.3 Å². The number of carboxylic acids is 1. The van der Waals surface area contributed by atoms with E-state index in [1.165, 1.54) is 13.3 Å². The molecular weight excluding hydrogens is 381 g/mol. The topological polar surface area (TPSA) is 94.3 Å². The Labute approximate surface area is 157 Å². The lowest BCUT2D eigenvalue weighted by atomic mass is 10.0. The van der Waals surface area contributed by atoms with Crippen molar-refractivity contribution in [3.05, 3.63) is 62.2 Å². The van der Waals surface area contributed by atoms with E-state index in [0.29, 0.717) is 27.8 Å². The third kappa shape index (κ3) is 3.49. The molecule has 3 aromatic rings. The normalized spacial score (nSPS) is 10.9. The zero-order valence-electron chi connectivity index (χ0n) is 13.6. The molecule has 0 atom stereocenters. The lowest BCUT2D eigenvalue weighted by molar-refractivity contribution is -0.138. The number of carboxylic acid groups (broad SMARTS) is 1. The second-order valence-corrected chi connectivity index (χ2v) is 6.20. The zero-order valence-corrected chi connectivity index (χ0v) is 15.1. The van der Waals surface area contributed by atoms with Crippen LogP contribution in [0.3, 0.4) is 0 Å². The van der Waals surface area contributed by atoms with Crippen LogP contribution in [0.2, 0.25) is 10.2 Å². The van der Waals surface area contributed by atoms with E-state index in [4.69, 9.17) is 33.0 Å². The second kappa shape index (κ2) is 7.31. The molecule has 0 aliphatic carbocycles. The third-order valence-electron chi connectivity index (χ3n) is 3.81. The van der Waals surface area contributed by atoms with Crippen LogP contribution in [0, 0.1) is 0 Å². The number of pyridine rings is 1. The molecule has 3 rings (SSSR count). The van der Waals surface area contributed by atoms with Crippen molar-refractivity contribution in [1.82, 2.24) is 14.8 Å². The Bertz CT molecular complexity index is 1070. The molecule has 26 heavy (non-hydrogen) atoms. The SMILES string of the molecule is COc1ccc2c(Cc3ccnc(Cl)c3Cl)nn(CC(=O)O)c(=O)c2c1. The highest BCUT2D eigenvalue weighted by atomic mass is 35.5. The van der Waals surface area contributed by atoms with Gasteiger partial charge in [-0.3, -0.25) is 9.59 Å². The predicted octanol–water partition coefficient (Wildman–Crippen LogP) is 2.78. The maximum absolute atomic E-state index is 12.6. The zero-order chi connectivity index (χ0) is 18.8. The Morgan fingerprint density at radius 2 is 2.04 bits per heavy atom. The number of rotatable bonds is 5. The first-order chi connectivity index (χ1) is 12.4. The quantitative estimate of drug-likeness (QED) is 0.669. The Balaban J connectivity index is 2.22. The fourth-order valence-electron chi connectivity index (χ4n) is 2.60. The van der Waals surface area contributed by atoms with E-state index in [-0.39, 0.29) is 16.6 Å². The van der Waals surface area contributed by atoms with Crippen LogP contribution in [0.25, 0.3) is 10.8 Å². The number of benzene rings is 1. The van der Waals surface area contributed by atoms with Gasteiger partial charge >= 0.3 is 5.97 Å². The van der Waals surface area contributed by atoms with Crippen LogP contribution >= 0.6 is 23.2 Å². The summed E-state index contributed by atoms with van der Waals surface area (Å²) >= 11 is 12.1. The van der Waals surface area contributed by atoms with E-state index in [1.807, 2.05) is 0 Å².